The standard InChI is InChI=1S/C13H12N3O4.C7H8O3S/c1-14-7-3-2-4-11(14)8-10-5-6-12(15(17)18)9-13(10)16(19)20;1-6-2-4-7(5-3-6)11(8,9)10/h2-7,9H,8H2,1H3;2-5H,1H3,(H,8,9,10)/q+1;/p-1. The zero-order valence-corrected chi connectivity index (χ0v) is 17.5. The maximum atomic E-state index is 11.0. The summed E-state index contributed by atoms with van der Waals surface area (Å²) in [4.78, 5) is 20.3. The van der Waals surface area contributed by atoms with Gasteiger partial charge in [-0.25, -0.2) is 13.0 Å². The Bertz CT molecular complexity index is 1210. The van der Waals surface area contributed by atoms with Crippen molar-refractivity contribution in [2.24, 2.45) is 7.05 Å². The van der Waals surface area contributed by atoms with Gasteiger partial charge in [-0.15, -0.1) is 0 Å². The molecule has 3 rings (SSSR count). The molecule has 1 aromatic heterocycles. The van der Waals surface area contributed by atoms with Crippen molar-refractivity contribution in [3.63, 3.8) is 0 Å². The number of hydrogen-bond donors (Lipinski definition) is 0. The fourth-order valence-corrected chi connectivity index (χ4v) is 3.10. The lowest BCUT2D eigenvalue weighted by Crippen LogP contribution is -2.32. The van der Waals surface area contributed by atoms with E-state index in [2.05, 4.69) is 0 Å². The summed E-state index contributed by atoms with van der Waals surface area (Å²) in [5, 5.41) is 21.7. The van der Waals surface area contributed by atoms with E-state index < -0.39 is 20.0 Å². The van der Waals surface area contributed by atoms with Crippen LogP contribution in [0.25, 0.3) is 0 Å². The molecule has 2 aromatic carbocycles. The number of pyridine rings is 1. The average molecular weight is 445 g/mol. The lowest BCUT2D eigenvalue weighted by atomic mass is 10.1. The molecule has 0 atom stereocenters. The Morgan fingerprint density at radius 1 is 0.935 bits per heavy atom. The van der Waals surface area contributed by atoms with E-state index >= 15 is 0 Å². The van der Waals surface area contributed by atoms with E-state index in [4.69, 9.17) is 0 Å². The van der Waals surface area contributed by atoms with Gasteiger partial charge in [0, 0.05) is 23.8 Å². The van der Waals surface area contributed by atoms with Gasteiger partial charge in [-0.05, 0) is 25.1 Å². The van der Waals surface area contributed by atoms with Gasteiger partial charge in [0.1, 0.15) is 17.2 Å². The van der Waals surface area contributed by atoms with Gasteiger partial charge in [0.05, 0.1) is 27.2 Å². The van der Waals surface area contributed by atoms with E-state index in [-0.39, 0.29) is 16.3 Å². The molecule has 0 radical (unpaired) electrons. The molecule has 31 heavy (non-hydrogen) atoms. The van der Waals surface area contributed by atoms with E-state index in [0.717, 1.165) is 17.3 Å². The van der Waals surface area contributed by atoms with Crippen LogP contribution in [0.2, 0.25) is 0 Å². The van der Waals surface area contributed by atoms with Crippen LogP contribution in [0.1, 0.15) is 16.8 Å². The van der Waals surface area contributed by atoms with Crippen molar-refractivity contribution in [3.05, 3.63) is 104 Å². The second kappa shape index (κ2) is 9.87. The molecule has 10 nitrogen and oxygen atoms in total. The quantitative estimate of drug-likeness (QED) is 0.254. The smallest absolute Gasteiger partial charge is 0.280 e. The molecule has 162 valence electrons. The minimum Gasteiger partial charge on any atom is -0.744 e. The van der Waals surface area contributed by atoms with Crippen molar-refractivity contribution in [3.8, 4) is 0 Å². The van der Waals surface area contributed by atoms with Crippen LogP contribution in [0.5, 0.6) is 0 Å². The van der Waals surface area contributed by atoms with Gasteiger partial charge in [0.2, 0.25) is 0 Å². The first-order valence-corrected chi connectivity index (χ1v) is 10.3. The molecule has 0 aliphatic rings. The summed E-state index contributed by atoms with van der Waals surface area (Å²) in [6.07, 6.45) is 2.18. The lowest BCUT2D eigenvalue weighted by molar-refractivity contribution is -0.678. The Labute approximate surface area is 178 Å². The van der Waals surface area contributed by atoms with Crippen LogP contribution in [0, 0.1) is 27.2 Å². The van der Waals surface area contributed by atoms with E-state index in [1.807, 2.05) is 42.9 Å². The summed E-state index contributed by atoms with van der Waals surface area (Å²) < 4.78 is 33.0. The summed E-state index contributed by atoms with van der Waals surface area (Å²) in [7, 11) is -2.43. The number of benzene rings is 2. The highest BCUT2D eigenvalue weighted by molar-refractivity contribution is 7.85. The number of hydrogen-bond acceptors (Lipinski definition) is 7. The molecule has 0 saturated heterocycles. The number of nitro groups is 2. The van der Waals surface area contributed by atoms with Crippen molar-refractivity contribution in [2.75, 3.05) is 0 Å². The van der Waals surface area contributed by atoms with Gasteiger partial charge in [0.25, 0.3) is 11.4 Å². The fourth-order valence-electron chi connectivity index (χ4n) is 2.63. The average Bonchev–Trinajstić information content (AvgIpc) is 2.70. The molecule has 0 aliphatic carbocycles. The number of non-ortho nitro benzene ring substituents is 1. The Morgan fingerprint density at radius 3 is 2.10 bits per heavy atom. The molecule has 0 bridgehead atoms. The zero-order chi connectivity index (χ0) is 23.2. The van der Waals surface area contributed by atoms with Crippen molar-refractivity contribution >= 4 is 21.5 Å². The predicted octanol–water partition coefficient (Wildman–Crippen LogP) is 2.82. The molecule has 0 fully saturated rings. The van der Waals surface area contributed by atoms with E-state index in [1.165, 1.54) is 24.3 Å². The largest absolute Gasteiger partial charge is 0.744 e. The number of nitro benzene ring substituents is 2. The first-order valence-electron chi connectivity index (χ1n) is 8.87. The van der Waals surface area contributed by atoms with Crippen LogP contribution in [-0.2, 0) is 23.6 Å². The monoisotopic (exact) mass is 445 g/mol. The first-order chi connectivity index (χ1) is 14.5. The van der Waals surface area contributed by atoms with Gasteiger partial charge in [-0.3, -0.25) is 20.2 Å². The summed E-state index contributed by atoms with van der Waals surface area (Å²) in [6.45, 7) is 1.82. The number of nitrogens with zero attached hydrogens (tertiary/aromatic N) is 3. The number of rotatable bonds is 5. The van der Waals surface area contributed by atoms with Crippen molar-refractivity contribution in [1.29, 1.82) is 0 Å². The van der Waals surface area contributed by atoms with Crippen LogP contribution in [-0.4, -0.2) is 22.8 Å². The lowest BCUT2D eigenvalue weighted by Gasteiger charge is -2.05. The molecule has 0 aliphatic heterocycles. The van der Waals surface area contributed by atoms with Crippen LogP contribution in [0.15, 0.2) is 71.8 Å². The molecule has 0 saturated carbocycles. The molecule has 1 heterocycles. The third-order valence-electron chi connectivity index (χ3n) is 4.32. The van der Waals surface area contributed by atoms with Gasteiger partial charge in [-0.1, -0.05) is 23.8 Å². The first kappa shape index (κ1) is 23.6. The summed E-state index contributed by atoms with van der Waals surface area (Å²) in [5.74, 6) is 0. The third-order valence-corrected chi connectivity index (χ3v) is 5.17. The molecular weight excluding hydrogens is 426 g/mol. The van der Waals surface area contributed by atoms with Crippen molar-refractivity contribution in [2.45, 2.75) is 18.2 Å². The van der Waals surface area contributed by atoms with E-state index in [9.17, 15) is 33.2 Å². The predicted molar refractivity (Wildman–Crippen MR) is 109 cm³/mol. The van der Waals surface area contributed by atoms with E-state index in [0.29, 0.717) is 12.0 Å². The normalized spacial score (nSPS) is 10.7. The Hall–Kier alpha value is -3.70. The summed E-state index contributed by atoms with van der Waals surface area (Å²) >= 11 is 0. The van der Waals surface area contributed by atoms with Gasteiger partial charge in [-0.2, -0.15) is 0 Å². The van der Waals surface area contributed by atoms with Crippen LogP contribution in [0.3, 0.4) is 0 Å². The van der Waals surface area contributed by atoms with Crippen LogP contribution >= 0.6 is 0 Å². The molecule has 11 heteroatoms. The highest BCUT2D eigenvalue weighted by Crippen LogP contribution is 2.26. The van der Waals surface area contributed by atoms with Crippen molar-refractivity contribution < 1.29 is 27.4 Å². The second-order valence-electron chi connectivity index (χ2n) is 6.57. The van der Waals surface area contributed by atoms with Crippen LogP contribution in [0.4, 0.5) is 11.4 Å². The summed E-state index contributed by atoms with van der Waals surface area (Å²) in [5.41, 5.74) is 1.74. The molecule has 0 spiro atoms. The van der Waals surface area contributed by atoms with Crippen LogP contribution < -0.4 is 4.57 Å². The molecular formula is C20H19N3O7S. The summed E-state index contributed by atoms with van der Waals surface area (Å²) in [6, 6.07) is 15.0. The van der Waals surface area contributed by atoms with Gasteiger partial charge >= 0.3 is 0 Å². The Balaban J connectivity index is 0.000000262. The SMILES string of the molecule is C[n+]1ccccc1Cc1ccc([N+](=O)[O-])cc1[N+](=O)[O-].Cc1ccc(S(=O)(=O)[O-])cc1. The molecule has 0 N–H and O–H groups in total. The fraction of sp³-hybridized carbons (Fsp3) is 0.150. The van der Waals surface area contributed by atoms with Gasteiger partial charge < -0.3 is 4.55 Å². The number of aromatic nitrogens is 1. The van der Waals surface area contributed by atoms with Gasteiger partial charge in [0.15, 0.2) is 11.9 Å². The Kier molecular flexibility index (Phi) is 7.51. The molecule has 3 aromatic rings. The highest BCUT2D eigenvalue weighted by Gasteiger charge is 2.21. The third kappa shape index (κ3) is 6.66. The molecule has 0 unspecified atom stereocenters. The highest BCUT2D eigenvalue weighted by atomic mass is 32.2. The maximum Gasteiger partial charge on any atom is 0.280 e. The molecule has 0 amide bonds. The van der Waals surface area contributed by atoms with Crippen molar-refractivity contribution in [1.82, 2.24) is 0 Å². The zero-order valence-electron chi connectivity index (χ0n) is 16.7. The van der Waals surface area contributed by atoms with E-state index in [1.54, 1.807) is 12.1 Å². The number of aryl methyl sites for hydroxylation is 2. The minimum absolute atomic E-state index is 0.178. The minimum atomic E-state index is -4.27. The second-order valence-corrected chi connectivity index (χ2v) is 7.95. The maximum absolute atomic E-state index is 11.0. The topological polar surface area (TPSA) is 147 Å². The Morgan fingerprint density at radius 2 is 1.58 bits per heavy atom.